The number of aromatic nitrogens is 1. The smallest absolute Gasteiger partial charge is 0.253 e. The topological polar surface area (TPSA) is 65.4 Å². The Balaban J connectivity index is 1.83. The third kappa shape index (κ3) is 3.81. The minimum absolute atomic E-state index is 0.0269. The van der Waals surface area contributed by atoms with Crippen molar-refractivity contribution in [3.05, 3.63) is 46.4 Å². The molecule has 0 radical (unpaired) electrons. The summed E-state index contributed by atoms with van der Waals surface area (Å²) in [5.74, 6) is 1.65. The first-order valence-electron chi connectivity index (χ1n) is 9.59. The van der Waals surface area contributed by atoms with Crippen LogP contribution in [0.25, 0.3) is 11.1 Å². The van der Waals surface area contributed by atoms with Gasteiger partial charge in [-0.2, -0.15) is 0 Å². The fourth-order valence-electron chi connectivity index (χ4n) is 3.28. The molecule has 0 amide bonds. The SMILES string of the molecule is CCS(=O)(=O)c1ccc(OCC2CC2)c(-c2cc(C3CC3)c(=O)n(C)c2)c1. The molecule has 5 nitrogen and oxygen atoms in total. The number of rotatable bonds is 7. The van der Waals surface area contributed by atoms with Gasteiger partial charge in [0, 0.05) is 29.9 Å². The molecule has 0 bridgehead atoms. The van der Waals surface area contributed by atoms with Gasteiger partial charge in [-0.25, -0.2) is 8.42 Å². The van der Waals surface area contributed by atoms with E-state index in [-0.39, 0.29) is 11.3 Å². The van der Waals surface area contributed by atoms with Gasteiger partial charge in [-0.05, 0) is 61.8 Å². The fraction of sp³-hybridized carbons (Fsp3) is 0.476. The number of benzene rings is 1. The van der Waals surface area contributed by atoms with E-state index in [1.165, 1.54) is 12.8 Å². The van der Waals surface area contributed by atoms with E-state index in [1.807, 2.05) is 6.07 Å². The molecule has 2 saturated carbocycles. The third-order valence-electron chi connectivity index (χ3n) is 5.40. The van der Waals surface area contributed by atoms with Crippen LogP contribution in [0.5, 0.6) is 5.75 Å². The average Bonchev–Trinajstić information content (AvgIpc) is 3.55. The van der Waals surface area contributed by atoms with E-state index >= 15 is 0 Å². The van der Waals surface area contributed by atoms with Crippen LogP contribution in [-0.2, 0) is 16.9 Å². The lowest BCUT2D eigenvalue weighted by Gasteiger charge is -2.15. The number of ether oxygens (including phenoxy) is 1. The molecule has 0 atom stereocenters. The Morgan fingerprint density at radius 3 is 2.52 bits per heavy atom. The lowest BCUT2D eigenvalue weighted by Crippen LogP contribution is -2.20. The van der Waals surface area contributed by atoms with E-state index in [0.717, 1.165) is 29.5 Å². The molecule has 1 heterocycles. The number of sulfone groups is 1. The van der Waals surface area contributed by atoms with Crippen LogP contribution in [-0.4, -0.2) is 25.3 Å². The number of aryl methyl sites for hydroxylation is 1. The molecule has 2 fully saturated rings. The van der Waals surface area contributed by atoms with Crippen LogP contribution in [0, 0.1) is 5.92 Å². The zero-order valence-corrected chi connectivity index (χ0v) is 16.6. The minimum Gasteiger partial charge on any atom is -0.493 e. The van der Waals surface area contributed by atoms with Gasteiger partial charge < -0.3 is 9.30 Å². The Bertz CT molecular complexity index is 1030. The highest BCUT2D eigenvalue weighted by molar-refractivity contribution is 7.91. The summed E-state index contributed by atoms with van der Waals surface area (Å²) < 4.78 is 32.4. The third-order valence-corrected chi connectivity index (χ3v) is 7.13. The van der Waals surface area contributed by atoms with Crippen LogP contribution >= 0.6 is 0 Å². The Kier molecular flexibility index (Phi) is 4.62. The summed E-state index contributed by atoms with van der Waals surface area (Å²) in [6.07, 6.45) is 6.21. The largest absolute Gasteiger partial charge is 0.493 e. The van der Waals surface area contributed by atoms with E-state index in [4.69, 9.17) is 4.74 Å². The van der Waals surface area contributed by atoms with Crippen molar-refractivity contribution in [3.63, 3.8) is 0 Å². The molecule has 0 spiro atoms. The van der Waals surface area contributed by atoms with Crippen molar-refractivity contribution in [2.24, 2.45) is 13.0 Å². The number of hydrogen-bond acceptors (Lipinski definition) is 4. The van der Waals surface area contributed by atoms with Gasteiger partial charge in [-0.3, -0.25) is 4.79 Å². The normalized spacial score (nSPS) is 17.1. The zero-order valence-electron chi connectivity index (χ0n) is 15.8. The summed E-state index contributed by atoms with van der Waals surface area (Å²) >= 11 is 0. The average molecular weight is 388 g/mol. The molecule has 0 unspecified atom stereocenters. The van der Waals surface area contributed by atoms with Crippen molar-refractivity contribution in [2.45, 2.75) is 43.4 Å². The van der Waals surface area contributed by atoms with Crippen molar-refractivity contribution in [1.82, 2.24) is 4.57 Å². The Labute approximate surface area is 159 Å². The first-order valence-corrected chi connectivity index (χ1v) is 11.2. The van der Waals surface area contributed by atoms with Crippen molar-refractivity contribution < 1.29 is 13.2 Å². The van der Waals surface area contributed by atoms with Gasteiger partial charge in [-0.1, -0.05) is 6.92 Å². The summed E-state index contributed by atoms with van der Waals surface area (Å²) in [5.41, 5.74) is 2.41. The second-order valence-electron chi connectivity index (χ2n) is 7.69. The summed E-state index contributed by atoms with van der Waals surface area (Å²) in [7, 11) is -1.58. The molecule has 6 heteroatoms. The molecule has 0 N–H and O–H groups in total. The van der Waals surface area contributed by atoms with Crippen LogP contribution in [0.2, 0.25) is 0 Å². The molecule has 1 aromatic heterocycles. The monoisotopic (exact) mass is 387 g/mol. The lowest BCUT2D eigenvalue weighted by atomic mass is 10.0. The molecule has 0 aliphatic heterocycles. The second kappa shape index (κ2) is 6.82. The van der Waals surface area contributed by atoms with Crippen LogP contribution < -0.4 is 10.3 Å². The van der Waals surface area contributed by atoms with E-state index in [1.54, 1.807) is 42.9 Å². The van der Waals surface area contributed by atoms with Gasteiger partial charge in [0.15, 0.2) is 9.84 Å². The number of nitrogens with zero attached hydrogens (tertiary/aromatic N) is 1. The molecule has 2 aliphatic rings. The van der Waals surface area contributed by atoms with Gasteiger partial charge in [0.2, 0.25) is 0 Å². The lowest BCUT2D eigenvalue weighted by molar-refractivity contribution is 0.301. The second-order valence-corrected chi connectivity index (χ2v) is 9.97. The van der Waals surface area contributed by atoms with Crippen molar-refractivity contribution in [2.75, 3.05) is 12.4 Å². The number of pyridine rings is 1. The number of hydrogen-bond donors (Lipinski definition) is 0. The molecular formula is C21H25NO4S. The molecule has 2 aliphatic carbocycles. The van der Waals surface area contributed by atoms with Crippen molar-refractivity contribution >= 4 is 9.84 Å². The van der Waals surface area contributed by atoms with Gasteiger partial charge in [0.1, 0.15) is 5.75 Å². The van der Waals surface area contributed by atoms with Crippen molar-refractivity contribution in [3.8, 4) is 16.9 Å². The summed E-state index contributed by atoms with van der Waals surface area (Å²) in [6, 6.07) is 6.98. The predicted molar refractivity (Wildman–Crippen MR) is 105 cm³/mol. The van der Waals surface area contributed by atoms with E-state index in [2.05, 4.69) is 0 Å². The quantitative estimate of drug-likeness (QED) is 0.729. The van der Waals surface area contributed by atoms with Crippen LogP contribution in [0.4, 0.5) is 0 Å². The maximum atomic E-state index is 12.5. The molecular weight excluding hydrogens is 362 g/mol. The van der Waals surface area contributed by atoms with Crippen LogP contribution in [0.3, 0.4) is 0 Å². The highest BCUT2D eigenvalue weighted by atomic mass is 32.2. The first kappa shape index (κ1) is 18.3. The zero-order chi connectivity index (χ0) is 19.2. The maximum absolute atomic E-state index is 12.5. The molecule has 0 saturated heterocycles. The summed E-state index contributed by atoms with van der Waals surface area (Å²) in [4.78, 5) is 12.7. The Morgan fingerprint density at radius 1 is 1.15 bits per heavy atom. The van der Waals surface area contributed by atoms with Gasteiger partial charge in [0.05, 0.1) is 17.3 Å². The van der Waals surface area contributed by atoms with E-state index in [0.29, 0.717) is 29.1 Å². The molecule has 27 heavy (non-hydrogen) atoms. The van der Waals surface area contributed by atoms with Crippen molar-refractivity contribution in [1.29, 1.82) is 0 Å². The Morgan fingerprint density at radius 2 is 1.89 bits per heavy atom. The van der Waals surface area contributed by atoms with E-state index < -0.39 is 9.84 Å². The minimum atomic E-state index is -3.32. The standard InChI is InChI=1S/C21H25NO4S/c1-3-27(24,25)17-8-9-20(26-13-14-4-5-14)18(11-17)16-10-19(15-6-7-15)21(23)22(2)12-16/h8-12,14-15H,3-7,13H2,1-2H3. The summed E-state index contributed by atoms with van der Waals surface area (Å²) in [6.45, 7) is 2.29. The highest BCUT2D eigenvalue weighted by Crippen LogP contribution is 2.41. The summed E-state index contributed by atoms with van der Waals surface area (Å²) in [5, 5.41) is 0. The molecule has 1 aromatic carbocycles. The van der Waals surface area contributed by atoms with Crippen LogP contribution in [0.15, 0.2) is 40.2 Å². The van der Waals surface area contributed by atoms with E-state index in [9.17, 15) is 13.2 Å². The fourth-order valence-corrected chi connectivity index (χ4v) is 4.19. The molecule has 2 aromatic rings. The predicted octanol–water partition coefficient (Wildman–Crippen LogP) is 3.51. The highest BCUT2D eigenvalue weighted by Gasteiger charge is 2.28. The van der Waals surface area contributed by atoms with Crippen LogP contribution in [0.1, 0.15) is 44.1 Å². The van der Waals surface area contributed by atoms with Gasteiger partial charge in [0.25, 0.3) is 5.56 Å². The first-order chi connectivity index (χ1) is 12.9. The van der Waals surface area contributed by atoms with Gasteiger partial charge in [-0.15, -0.1) is 0 Å². The molecule has 4 rings (SSSR count). The van der Waals surface area contributed by atoms with Gasteiger partial charge >= 0.3 is 0 Å². The Hall–Kier alpha value is -2.08. The molecule has 144 valence electrons. The maximum Gasteiger partial charge on any atom is 0.253 e.